The largest absolute Gasteiger partial charge is 0.359 e. The van der Waals surface area contributed by atoms with Crippen molar-refractivity contribution < 1.29 is 18.9 Å². The van der Waals surface area contributed by atoms with Crippen molar-refractivity contribution in [1.82, 2.24) is 4.90 Å². The second-order valence-electron chi connectivity index (χ2n) is 3.00. The van der Waals surface area contributed by atoms with E-state index in [1.54, 1.807) is 7.11 Å². The molecule has 0 aliphatic carbocycles. The highest BCUT2D eigenvalue weighted by Crippen LogP contribution is 1.91. The summed E-state index contributed by atoms with van der Waals surface area (Å²) >= 11 is 0. The summed E-state index contributed by atoms with van der Waals surface area (Å²) in [6.07, 6.45) is 3.63. The SMILES string of the molecule is C=CCN(CC=C)COCOCOCOC. The third-order valence-electron chi connectivity index (χ3n) is 1.58. The van der Waals surface area contributed by atoms with Crippen LogP contribution < -0.4 is 0 Å². The van der Waals surface area contributed by atoms with E-state index in [0.29, 0.717) is 6.73 Å². The average Bonchev–Trinajstić information content (AvgIpc) is 2.28. The Labute approximate surface area is 97.2 Å². The van der Waals surface area contributed by atoms with E-state index in [9.17, 15) is 0 Å². The summed E-state index contributed by atoms with van der Waals surface area (Å²) in [6.45, 7) is 9.89. The van der Waals surface area contributed by atoms with Crippen LogP contribution in [0.25, 0.3) is 0 Å². The third-order valence-corrected chi connectivity index (χ3v) is 1.58. The van der Waals surface area contributed by atoms with Crippen molar-refractivity contribution in [2.75, 3.05) is 47.3 Å². The number of ether oxygens (including phenoxy) is 4. The quantitative estimate of drug-likeness (QED) is 0.286. The molecule has 0 saturated carbocycles. The molecule has 94 valence electrons. The van der Waals surface area contributed by atoms with Crippen molar-refractivity contribution in [3.05, 3.63) is 25.3 Å². The maximum Gasteiger partial charge on any atom is 0.152 e. The molecule has 0 radical (unpaired) electrons. The lowest BCUT2D eigenvalue weighted by Crippen LogP contribution is -2.27. The molecular formula is C11H21NO4. The standard InChI is InChI=1S/C11H21NO4/c1-4-6-12(7-5-2)8-14-10-16-11-15-9-13-3/h4-5H,1-2,6-11H2,3H3. The van der Waals surface area contributed by atoms with Gasteiger partial charge in [-0.05, 0) is 0 Å². The fourth-order valence-electron chi connectivity index (χ4n) is 0.981. The van der Waals surface area contributed by atoms with Crippen LogP contribution in [0.1, 0.15) is 0 Å². The molecule has 0 spiro atoms. The Morgan fingerprint density at radius 3 is 2.06 bits per heavy atom. The first-order chi connectivity index (χ1) is 7.85. The summed E-state index contributed by atoms with van der Waals surface area (Å²) in [6, 6.07) is 0. The fourth-order valence-corrected chi connectivity index (χ4v) is 0.981. The molecule has 16 heavy (non-hydrogen) atoms. The zero-order chi connectivity index (χ0) is 12.1. The van der Waals surface area contributed by atoms with Gasteiger partial charge in [-0.25, -0.2) is 0 Å². The van der Waals surface area contributed by atoms with Crippen LogP contribution in [0.15, 0.2) is 25.3 Å². The number of nitrogens with zero attached hydrogens (tertiary/aromatic N) is 1. The molecule has 0 aliphatic heterocycles. The molecule has 5 nitrogen and oxygen atoms in total. The van der Waals surface area contributed by atoms with Crippen LogP contribution in [0, 0.1) is 0 Å². The molecule has 0 aromatic heterocycles. The van der Waals surface area contributed by atoms with Gasteiger partial charge in [-0.3, -0.25) is 4.90 Å². The van der Waals surface area contributed by atoms with Gasteiger partial charge in [0.2, 0.25) is 0 Å². The van der Waals surface area contributed by atoms with Crippen LogP contribution in [0.2, 0.25) is 0 Å². The van der Waals surface area contributed by atoms with Gasteiger partial charge in [0.05, 0.1) is 0 Å². The molecule has 0 aromatic rings. The molecule has 5 heteroatoms. The number of rotatable bonds is 12. The van der Waals surface area contributed by atoms with Crippen molar-refractivity contribution in [3.8, 4) is 0 Å². The monoisotopic (exact) mass is 231 g/mol. The Morgan fingerprint density at radius 1 is 0.938 bits per heavy atom. The molecule has 0 bridgehead atoms. The van der Waals surface area contributed by atoms with Gasteiger partial charge >= 0.3 is 0 Å². The van der Waals surface area contributed by atoms with Gasteiger partial charge in [-0.1, -0.05) is 12.2 Å². The van der Waals surface area contributed by atoms with E-state index in [2.05, 4.69) is 17.9 Å². The summed E-state index contributed by atoms with van der Waals surface area (Å²) < 4.78 is 19.9. The van der Waals surface area contributed by atoms with Crippen molar-refractivity contribution in [2.45, 2.75) is 0 Å². The van der Waals surface area contributed by atoms with Gasteiger partial charge in [-0.2, -0.15) is 0 Å². The first-order valence-electron chi connectivity index (χ1n) is 5.01. The van der Waals surface area contributed by atoms with Gasteiger partial charge in [-0.15, -0.1) is 13.2 Å². The lowest BCUT2D eigenvalue weighted by molar-refractivity contribution is -0.172. The van der Waals surface area contributed by atoms with Crippen LogP contribution in [0.3, 0.4) is 0 Å². The molecule has 0 amide bonds. The van der Waals surface area contributed by atoms with E-state index in [1.807, 2.05) is 17.1 Å². The Morgan fingerprint density at radius 2 is 1.50 bits per heavy atom. The highest BCUT2D eigenvalue weighted by Gasteiger charge is 1.99. The highest BCUT2D eigenvalue weighted by molar-refractivity contribution is 4.78. The molecule has 0 heterocycles. The predicted octanol–water partition coefficient (Wildman–Crippen LogP) is 1.19. The van der Waals surface area contributed by atoms with E-state index >= 15 is 0 Å². The minimum atomic E-state index is 0.163. The summed E-state index contributed by atoms with van der Waals surface area (Å²) in [5.74, 6) is 0. The summed E-state index contributed by atoms with van der Waals surface area (Å²) in [7, 11) is 1.55. The Bertz CT molecular complexity index is 165. The van der Waals surface area contributed by atoms with E-state index in [1.165, 1.54) is 0 Å². The number of hydrogen-bond acceptors (Lipinski definition) is 5. The number of hydrogen-bond donors (Lipinski definition) is 0. The minimum absolute atomic E-state index is 0.163. The van der Waals surface area contributed by atoms with Crippen LogP contribution in [-0.2, 0) is 18.9 Å². The second-order valence-corrected chi connectivity index (χ2v) is 3.00. The van der Waals surface area contributed by atoms with Crippen molar-refractivity contribution in [3.63, 3.8) is 0 Å². The molecule has 0 unspecified atom stereocenters. The predicted molar refractivity (Wildman–Crippen MR) is 61.7 cm³/mol. The van der Waals surface area contributed by atoms with E-state index in [4.69, 9.17) is 14.2 Å². The second kappa shape index (κ2) is 12.4. The van der Waals surface area contributed by atoms with Crippen molar-refractivity contribution >= 4 is 0 Å². The zero-order valence-electron chi connectivity index (χ0n) is 9.89. The molecule has 0 atom stereocenters. The van der Waals surface area contributed by atoms with Crippen LogP contribution in [-0.4, -0.2) is 52.2 Å². The summed E-state index contributed by atoms with van der Waals surface area (Å²) in [5, 5.41) is 0. The maximum absolute atomic E-state index is 5.27. The summed E-state index contributed by atoms with van der Waals surface area (Å²) in [5.41, 5.74) is 0. The normalized spacial score (nSPS) is 10.6. The van der Waals surface area contributed by atoms with Crippen LogP contribution in [0.4, 0.5) is 0 Å². The van der Waals surface area contributed by atoms with Gasteiger partial charge in [0.25, 0.3) is 0 Å². The topological polar surface area (TPSA) is 40.2 Å². The lowest BCUT2D eigenvalue weighted by atomic mass is 10.5. The lowest BCUT2D eigenvalue weighted by Gasteiger charge is -2.18. The van der Waals surface area contributed by atoms with Gasteiger partial charge in [0.1, 0.15) is 13.5 Å². The van der Waals surface area contributed by atoms with Crippen LogP contribution in [0.5, 0.6) is 0 Å². The number of methoxy groups -OCH3 is 1. The van der Waals surface area contributed by atoms with Gasteiger partial charge in [0.15, 0.2) is 13.6 Å². The fraction of sp³-hybridized carbons (Fsp3) is 0.636. The van der Waals surface area contributed by atoms with E-state index < -0.39 is 0 Å². The molecule has 0 aromatic carbocycles. The zero-order valence-corrected chi connectivity index (χ0v) is 9.89. The molecular weight excluding hydrogens is 210 g/mol. The molecule has 0 saturated heterocycles. The maximum atomic E-state index is 5.27. The minimum Gasteiger partial charge on any atom is -0.359 e. The first kappa shape index (κ1) is 15.3. The first-order valence-corrected chi connectivity index (χ1v) is 5.01. The van der Waals surface area contributed by atoms with Crippen molar-refractivity contribution in [1.29, 1.82) is 0 Å². The van der Waals surface area contributed by atoms with Gasteiger partial charge in [0, 0.05) is 20.2 Å². The molecule has 0 rings (SSSR count). The van der Waals surface area contributed by atoms with E-state index in [-0.39, 0.29) is 20.4 Å². The van der Waals surface area contributed by atoms with E-state index in [0.717, 1.165) is 13.1 Å². The average molecular weight is 231 g/mol. The molecule has 0 aliphatic rings. The third kappa shape index (κ3) is 9.82. The Balaban J connectivity index is 3.32. The Kier molecular flexibility index (Phi) is 11.8. The highest BCUT2D eigenvalue weighted by atomic mass is 16.8. The smallest absolute Gasteiger partial charge is 0.152 e. The molecule has 0 fully saturated rings. The van der Waals surface area contributed by atoms with Gasteiger partial charge < -0.3 is 18.9 Å². The van der Waals surface area contributed by atoms with Crippen LogP contribution >= 0.6 is 0 Å². The summed E-state index contributed by atoms with van der Waals surface area (Å²) in [4.78, 5) is 2.03. The molecule has 0 N–H and O–H groups in total. The Hall–Kier alpha value is -0.720. The van der Waals surface area contributed by atoms with Crippen molar-refractivity contribution in [2.24, 2.45) is 0 Å².